The number of halogens is 1. The number of hydrogen-bond donors (Lipinski definition) is 0. The molecule has 0 radical (unpaired) electrons. The summed E-state index contributed by atoms with van der Waals surface area (Å²) in [5.41, 5.74) is 1.25. The standard InChI is InChI=1S/C18H19BrN2O5S2/c19-15-1-3-16(4-2-15)28(24,25)21-8-7-14-13-17(5-6-18(14)21)27(22,23)20-9-11-26-12-10-20/h1-6,13H,7-12H2. The van der Waals surface area contributed by atoms with E-state index >= 15 is 0 Å². The molecule has 0 aliphatic carbocycles. The molecule has 1 saturated heterocycles. The molecular weight excluding hydrogens is 468 g/mol. The minimum absolute atomic E-state index is 0.191. The van der Waals surface area contributed by atoms with E-state index in [0.717, 1.165) is 10.0 Å². The largest absolute Gasteiger partial charge is 0.379 e. The Morgan fingerprint density at radius 3 is 2.14 bits per heavy atom. The average molecular weight is 487 g/mol. The lowest BCUT2D eigenvalue weighted by Gasteiger charge is -2.26. The van der Waals surface area contributed by atoms with E-state index in [9.17, 15) is 16.8 Å². The first-order valence-electron chi connectivity index (χ1n) is 8.79. The van der Waals surface area contributed by atoms with Gasteiger partial charge in [0.1, 0.15) is 0 Å². The van der Waals surface area contributed by atoms with Crippen LogP contribution in [-0.2, 0) is 31.2 Å². The summed E-state index contributed by atoms with van der Waals surface area (Å²) in [6, 6.07) is 11.1. The lowest BCUT2D eigenvalue weighted by molar-refractivity contribution is 0.0730. The van der Waals surface area contributed by atoms with Gasteiger partial charge in [-0.15, -0.1) is 0 Å². The molecule has 2 aliphatic heterocycles. The first-order chi connectivity index (χ1) is 13.3. The molecule has 2 heterocycles. The second-order valence-electron chi connectivity index (χ2n) is 6.59. The fourth-order valence-corrected chi connectivity index (χ4v) is 6.65. The van der Waals surface area contributed by atoms with Crippen LogP contribution in [0.1, 0.15) is 5.56 Å². The molecule has 2 aromatic rings. The van der Waals surface area contributed by atoms with E-state index in [2.05, 4.69) is 15.9 Å². The molecule has 28 heavy (non-hydrogen) atoms. The van der Waals surface area contributed by atoms with Crippen molar-refractivity contribution in [2.24, 2.45) is 0 Å². The van der Waals surface area contributed by atoms with E-state index in [0.29, 0.717) is 38.4 Å². The third-order valence-electron chi connectivity index (χ3n) is 4.91. The summed E-state index contributed by atoms with van der Waals surface area (Å²) < 4.78 is 60.5. The molecule has 4 rings (SSSR count). The first-order valence-corrected chi connectivity index (χ1v) is 12.5. The highest BCUT2D eigenvalue weighted by molar-refractivity contribution is 9.10. The Balaban J connectivity index is 1.66. The number of hydrogen-bond acceptors (Lipinski definition) is 5. The minimum atomic E-state index is -3.70. The van der Waals surface area contributed by atoms with Gasteiger partial charge in [0.2, 0.25) is 10.0 Å². The van der Waals surface area contributed by atoms with Crippen LogP contribution in [0, 0.1) is 0 Å². The first kappa shape index (κ1) is 19.8. The fraction of sp³-hybridized carbons (Fsp3) is 0.333. The average Bonchev–Trinajstić information content (AvgIpc) is 3.13. The van der Waals surface area contributed by atoms with Crippen molar-refractivity contribution in [2.45, 2.75) is 16.2 Å². The van der Waals surface area contributed by atoms with Crippen molar-refractivity contribution in [1.29, 1.82) is 0 Å². The molecule has 2 aromatic carbocycles. The lowest BCUT2D eigenvalue weighted by Crippen LogP contribution is -2.40. The van der Waals surface area contributed by atoms with Gasteiger partial charge in [-0.1, -0.05) is 15.9 Å². The highest BCUT2D eigenvalue weighted by atomic mass is 79.9. The van der Waals surface area contributed by atoms with Crippen LogP contribution in [-0.4, -0.2) is 54.0 Å². The highest BCUT2D eigenvalue weighted by Gasteiger charge is 2.33. The summed E-state index contributed by atoms with van der Waals surface area (Å²) in [4.78, 5) is 0.393. The molecule has 150 valence electrons. The van der Waals surface area contributed by atoms with Crippen molar-refractivity contribution in [2.75, 3.05) is 37.2 Å². The zero-order chi connectivity index (χ0) is 19.9. The van der Waals surface area contributed by atoms with Crippen LogP contribution in [0.15, 0.2) is 56.7 Å². The second-order valence-corrected chi connectivity index (χ2v) is 11.3. The van der Waals surface area contributed by atoms with E-state index in [1.165, 1.54) is 14.7 Å². The molecule has 0 aromatic heterocycles. The number of rotatable bonds is 4. The molecule has 10 heteroatoms. The molecule has 0 unspecified atom stereocenters. The summed E-state index contributed by atoms with van der Waals surface area (Å²) >= 11 is 3.30. The zero-order valence-electron chi connectivity index (χ0n) is 14.9. The molecule has 0 bridgehead atoms. The number of sulfonamides is 2. The van der Waals surface area contributed by atoms with Gasteiger partial charge in [0.25, 0.3) is 10.0 Å². The minimum Gasteiger partial charge on any atom is -0.379 e. The molecular formula is C18H19BrN2O5S2. The third-order valence-corrected chi connectivity index (χ3v) is 9.16. The van der Waals surface area contributed by atoms with Gasteiger partial charge in [-0.3, -0.25) is 4.31 Å². The zero-order valence-corrected chi connectivity index (χ0v) is 18.1. The van der Waals surface area contributed by atoms with Crippen LogP contribution in [0.2, 0.25) is 0 Å². The number of morpholine rings is 1. The highest BCUT2D eigenvalue weighted by Crippen LogP contribution is 2.35. The Kier molecular flexibility index (Phi) is 5.25. The van der Waals surface area contributed by atoms with Gasteiger partial charge in [0.05, 0.1) is 28.7 Å². The van der Waals surface area contributed by atoms with Crippen molar-refractivity contribution in [3.05, 3.63) is 52.5 Å². The summed E-state index contributed by atoms with van der Waals surface area (Å²) in [6.07, 6.45) is 0.470. The van der Waals surface area contributed by atoms with Gasteiger partial charge < -0.3 is 4.74 Å². The van der Waals surface area contributed by atoms with Gasteiger partial charge in [0.15, 0.2) is 0 Å². The summed E-state index contributed by atoms with van der Waals surface area (Å²) in [5.74, 6) is 0. The lowest BCUT2D eigenvalue weighted by atomic mass is 10.2. The quantitative estimate of drug-likeness (QED) is 0.661. The SMILES string of the molecule is O=S(=O)(c1ccc2c(c1)CCN2S(=O)(=O)c1ccc(Br)cc1)N1CCOCC1. The maximum Gasteiger partial charge on any atom is 0.264 e. The predicted molar refractivity (Wildman–Crippen MR) is 108 cm³/mol. The Morgan fingerprint density at radius 1 is 0.821 bits per heavy atom. The Labute approximate surface area is 173 Å². The second kappa shape index (κ2) is 7.42. The fourth-order valence-electron chi connectivity index (χ4n) is 3.43. The van der Waals surface area contributed by atoms with E-state index in [1.54, 1.807) is 36.4 Å². The Morgan fingerprint density at radius 2 is 1.46 bits per heavy atom. The van der Waals surface area contributed by atoms with Crippen LogP contribution in [0.5, 0.6) is 0 Å². The smallest absolute Gasteiger partial charge is 0.264 e. The molecule has 7 nitrogen and oxygen atoms in total. The summed E-state index contributed by atoms with van der Waals surface area (Å²) in [5, 5.41) is 0. The van der Waals surface area contributed by atoms with E-state index in [4.69, 9.17) is 4.74 Å². The Bertz CT molecular complexity index is 1100. The molecule has 0 atom stereocenters. The van der Waals surface area contributed by atoms with Gasteiger partial charge in [-0.2, -0.15) is 4.31 Å². The van der Waals surface area contributed by atoms with Crippen LogP contribution < -0.4 is 4.31 Å². The van der Waals surface area contributed by atoms with Crippen LogP contribution in [0.4, 0.5) is 5.69 Å². The van der Waals surface area contributed by atoms with Crippen molar-refractivity contribution >= 4 is 41.7 Å². The van der Waals surface area contributed by atoms with Gasteiger partial charge in [-0.25, -0.2) is 16.8 Å². The molecule has 0 spiro atoms. The number of anilines is 1. The Hall–Kier alpha value is -1.46. The number of benzene rings is 2. The summed E-state index contributed by atoms with van der Waals surface area (Å²) in [7, 11) is -7.31. The van der Waals surface area contributed by atoms with E-state index in [-0.39, 0.29) is 16.3 Å². The van der Waals surface area contributed by atoms with Crippen molar-refractivity contribution in [3.8, 4) is 0 Å². The normalized spacial score (nSPS) is 18.2. The van der Waals surface area contributed by atoms with Crippen molar-refractivity contribution < 1.29 is 21.6 Å². The maximum atomic E-state index is 13.0. The topological polar surface area (TPSA) is 84.0 Å². The van der Waals surface area contributed by atoms with Crippen LogP contribution in [0.25, 0.3) is 0 Å². The molecule has 1 fully saturated rings. The van der Waals surface area contributed by atoms with E-state index < -0.39 is 20.0 Å². The van der Waals surface area contributed by atoms with Crippen LogP contribution >= 0.6 is 15.9 Å². The van der Waals surface area contributed by atoms with E-state index in [1.807, 2.05) is 0 Å². The molecule has 0 N–H and O–H groups in total. The van der Waals surface area contributed by atoms with Gasteiger partial charge in [-0.05, 0) is 54.4 Å². The number of ether oxygens (including phenoxy) is 1. The number of nitrogens with zero attached hydrogens (tertiary/aromatic N) is 2. The number of fused-ring (bicyclic) bond motifs is 1. The van der Waals surface area contributed by atoms with Gasteiger partial charge in [0, 0.05) is 24.1 Å². The summed E-state index contributed by atoms with van der Waals surface area (Å²) in [6.45, 7) is 1.69. The molecule has 0 amide bonds. The van der Waals surface area contributed by atoms with Crippen molar-refractivity contribution in [1.82, 2.24) is 4.31 Å². The molecule has 0 saturated carbocycles. The van der Waals surface area contributed by atoms with Gasteiger partial charge >= 0.3 is 0 Å². The van der Waals surface area contributed by atoms with Crippen LogP contribution in [0.3, 0.4) is 0 Å². The predicted octanol–water partition coefficient (Wildman–Crippen LogP) is 2.22. The third kappa shape index (κ3) is 3.48. The maximum absolute atomic E-state index is 13.0. The monoisotopic (exact) mass is 486 g/mol. The van der Waals surface area contributed by atoms with Crippen molar-refractivity contribution in [3.63, 3.8) is 0 Å². The molecule has 2 aliphatic rings.